The predicted octanol–water partition coefficient (Wildman–Crippen LogP) is 2.22. The van der Waals surface area contributed by atoms with Crippen LogP contribution in [0.2, 0.25) is 0 Å². The average molecular weight is 292 g/mol. The standard InChI is InChI=1S/C14H16N2O5/c1-9-10(5-6-20-9)8-16(2)14(19)15-7-11-3-4-12(21-11)13(17)18/h3-6H,7-8H2,1-2H3,(H,15,19)(H,17,18). The molecule has 2 N–H and O–H groups in total. The smallest absolute Gasteiger partial charge is 0.371 e. The van der Waals surface area contributed by atoms with Crippen LogP contribution in [0, 0.1) is 6.92 Å². The van der Waals surface area contributed by atoms with Crippen molar-refractivity contribution in [3.05, 3.63) is 47.3 Å². The summed E-state index contributed by atoms with van der Waals surface area (Å²) in [6.45, 7) is 2.38. The third kappa shape index (κ3) is 3.65. The third-order valence-corrected chi connectivity index (χ3v) is 3.01. The number of hydrogen-bond donors (Lipinski definition) is 2. The van der Waals surface area contributed by atoms with E-state index in [4.69, 9.17) is 13.9 Å². The first-order chi connectivity index (χ1) is 9.97. The molecule has 112 valence electrons. The third-order valence-electron chi connectivity index (χ3n) is 3.01. The molecule has 0 aromatic carbocycles. The van der Waals surface area contributed by atoms with Crippen molar-refractivity contribution in [2.75, 3.05) is 7.05 Å². The van der Waals surface area contributed by atoms with E-state index in [1.54, 1.807) is 13.3 Å². The van der Waals surface area contributed by atoms with Gasteiger partial charge in [0.25, 0.3) is 0 Å². The van der Waals surface area contributed by atoms with Crippen LogP contribution in [0.15, 0.2) is 33.3 Å². The van der Waals surface area contributed by atoms with Gasteiger partial charge in [-0.25, -0.2) is 9.59 Å². The van der Waals surface area contributed by atoms with Crippen LogP contribution in [0.5, 0.6) is 0 Å². The van der Waals surface area contributed by atoms with Crippen LogP contribution in [-0.2, 0) is 13.1 Å². The van der Waals surface area contributed by atoms with E-state index in [2.05, 4.69) is 5.32 Å². The highest BCUT2D eigenvalue weighted by Crippen LogP contribution is 2.11. The average Bonchev–Trinajstić information content (AvgIpc) is 3.06. The van der Waals surface area contributed by atoms with Gasteiger partial charge in [-0.1, -0.05) is 0 Å². The molecule has 0 fully saturated rings. The SMILES string of the molecule is Cc1occc1CN(C)C(=O)NCc1ccc(C(=O)O)o1. The van der Waals surface area contributed by atoms with Crippen molar-refractivity contribution in [2.45, 2.75) is 20.0 Å². The second-order valence-electron chi connectivity index (χ2n) is 4.59. The number of hydrogen-bond acceptors (Lipinski definition) is 4. The van der Waals surface area contributed by atoms with E-state index in [-0.39, 0.29) is 18.3 Å². The fourth-order valence-electron chi connectivity index (χ4n) is 1.79. The van der Waals surface area contributed by atoms with E-state index in [0.29, 0.717) is 12.3 Å². The second-order valence-corrected chi connectivity index (χ2v) is 4.59. The van der Waals surface area contributed by atoms with Crippen LogP contribution in [0.1, 0.15) is 27.6 Å². The zero-order valence-electron chi connectivity index (χ0n) is 11.8. The lowest BCUT2D eigenvalue weighted by Crippen LogP contribution is -2.36. The van der Waals surface area contributed by atoms with Crippen LogP contribution in [0.4, 0.5) is 4.79 Å². The minimum absolute atomic E-state index is 0.126. The molecule has 0 unspecified atom stereocenters. The molecule has 2 rings (SSSR count). The lowest BCUT2D eigenvalue weighted by molar-refractivity contribution is 0.0660. The summed E-state index contributed by atoms with van der Waals surface area (Å²) in [6, 6.07) is 4.39. The van der Waals surface area contributed by atoms with Crippen LogP contribution in [-0.4, -0.2) is 29.1 Å². The van der Waals surface area contributed by atoms with Crippen LogP contribution in [0.25, 0.3) is 0 Å². The number of rotatable bonds is 5. The maximum absolute atomic E-state index is 11.9. The minimum Gasteiger partial charge on any atom is -0.475 e. The summed E-state index contributed by atoms with van der Waals surface area (Å²) in [5, 5.41) is 11.4. The highest BCUT2D eigenvalue weighted by atomic mass is 16.4. The predicted molar refractivity (Wildman–Crippen MR) is 72.8 cm³/mol. The van der Waals surface area contributed by atoms with Gasteiger partial charge in [0.1, 0.15) is 11.5 Å². The molecule has 0 saturated carbocycles. The summed E-state index contributed by atoms with van der Waals surface area (Å²) in [5.74, 6) is -0.137. The minimum atomic E-state index is -1.14. The van der Waals surface area contributed by atoms with E-state index in [0.717, 1.165) is 11.3 Å². The van der Waals surface area contributed by atoms with E-state index < -0.39 is 5.97 Å². The zero-order chi connectivity index (χ0) is 15.4. The van der Waals surface area contributed by atoms with Crippen molar-refractivity contribution in [3.8, 4) is 0 Å². The van der Waals surface area contributed by atoms with Crippen molar-refractivity contribution in [1.29, 1.82) is 0 Å². The Balaban J connectivity index is 1.86. The lowest BCUT2D eigenvalue weighted by Gasteiger charge is -2.17. The molecule has 21 heavy (non-hydrogen) atoms. The molecular weight excluding hydrogens is 276 g/mol. The first-order valence-electron chi connectivity index (χ1n) is 6.31. The largest absolute Gasteiger partial charge is 0.475 e. The number of aromatic carboxylic acids is 1. The zero-order valence-corrected chi connectivity index (χ0v) is 11.8. The molecule has 0 radical (unpaired) electrons. The van der Waals surface area contributed by atoms with Gasteiger partial charge < -0.3 is 24.2 Å². The number of nitrogens with one attached hydrogen (secondary N) is 1. The van der Waals surface area contributed by atoms with Gasteiger partial charge in [0.15, 0.2) is 0 Å². The van der Waals surface area contributed by atoms with Crippen molar-refractivity contribution in [1.82, 2.24) is 10.2 Å². The van der Waals surface area contributed by atoms with Gasteiger partial charge in [0.05, 0.1) is 19.4 Å². The van der Waals surface area contributed by atoms with Crippen molar-refractivity contribution >= 4 is 12.0 Å². The number of carboxylic acid groups (broad SMARTS) is 1. The van der Waals surface area contributed by atoms with Gasteiger partial charge >= 0.3 is 12.0 Å². The summed E-state index contributed by atoms with van der Waals surface area (Å²) in [7, 11) is 1.66. The van der Waals surface area contributed by atoms with Crippen molar-refractivity contribution in [3.63, 3.8) is 0 Å². The molecule has 7 nitrogen and oxygen atoms in total. The molecular formula is C14H16N2O5. The number of amides is 2. The number of urea groups is 1. The molecule has 2 amide bonds. The molecule has 0 aliphatic carbocycles. The molecule has 2 aromatic heterocycles. The number of nitrogens with zero attached hydrogens (tertiary/aromatic N) is 1. The first kappa shape index (κ1) is 14.7. The molecule has 0 atom stereocenters. The molecule has 0 aliphatic heterocycles. The second kappa shape index (κ2) is 6.17. The van der Waals surface area contributed by atoms with E-state index in [1.165, 1.54) is 17.0 Å². The van der Waals surface area contributed by atoms with Gasteiger partial charge in [-0.15, -0.1) is 0 Å². The summed E-state index contributed by atoms with van der Waals surface area (Å²) in [6.07, 6.45) is 1.58. The Morgan fingerprint density at radius 2 is 2.10 bits per heavy atom. The van der Waals surface area contributed by atoms with E-state index >= 15 is 0 Å². The van der Waals surface area contributed by atoms with Crippen molar-refractivity contribution in [2.24, 2.45) is 0 Å². The lowest BCUT2D eigenvalue weighted by atomic mass is 10.2. The van der Waals surface area contributed by atoms with Gasteiger partial charge in [0.2, 0.25) is 5.76 Å². The molecule has 0 spiro atoms. The molecule has 7 heteroatoms. The number of furan rings is 2. The van der Waals surface area contributed by atoms with Crippen molar-refractivity contribution < 1.29 is 23.5 Å². The maximum Gasteiger partial charge on any atom is 0.371 e. The van der Waals surface area contributed by atoms with Crippen LogP contribution < -0.4 is 5.32 Å². The monoisotopic (exact) mass is 292 g/mol. The molecule has 0 saturated heterocycles. The Morgan fingerprint density at radius 3 is 2.67 bits per heavy atom. The fourth-order valence-corrected chi connectivity index (χ4v) is 1.79. The topological polar surface area (TPSA) is 95.9 Å². The van der Waals surface area contributed by atoms with Gasteiger partial charge in [0, 0.05) is 12.6 Å². The van der Waals surface area contributed by atoms with E-state index in [9.17, 15) is 9.59 Å². The number of carbonyl (C=O) groups is 2. The fraction of sp³-hybridized carbons (Fsp3) is 0.286. The summed E-state index contributed by atoms with van der Waals surface area (Å²) in [4.78, 5) is 24.1. The molecule has 0 bridgehead atoms. The Bertz CT molecular complexity index is 643. The van der Waals surface area contributed by atoms with E-state index in [1.807, 2.05) is 13.0 Å². The van der Waals surface area contributed by atoms with Gasteiger partial charge in [-0.3, -0.25) is 0 Å². The maximum atomic E-state index is 11.9. The molecule has 2 heterocycles. The van der Waals surface area contributed by atoms with Crippen LogP contribution in [0.3, 0.4) is 0 Å². The Morgan fingerprint density at radius 1 is 1.33 bits per heavy atom. The Kier molecular flexibility index (Phi) is 4.32. The highest BCUT2D eigenvalue weighted by molar-refractivity contribution is 5.84. The number of carboxylic acids is 1. The number of carbonyl (C=O) groups excluding carboxylic acids is 1. The quantitative estimate of drug-likeness (QED) is 0.880. The first-order valence-corrected chi connectivity index (χ1v) is 6.31. The number of aryl methyl sites for hydroxylation is 1. The summed E-state index contributed by atoms with van der Waals surface area (Å²) in [5.41, 5.74) is 0.929. The van der Waals surface area contributed by atoms with Crippen LogP contribution >= 0.6 is 0 Å². The summed E-state index contributed by atoms with van der Waals surface area (Å²) >= 11 is 0. The Hall–Kier alpha value is -2.70. The molecule has 0 aliphatic rings. The molecule has 2 aromatic rings. The Labute approximate surface area is 121 Å². The summed E-state index contributed by atoms with van der Waals surface area (Å²) < 4.78 is 10.2. The highest BCUT2D eigenvalue weighted by Gasteiger charge is 2.13. The normalized spacial score (nSPS) is 10.4. The van der Waals surface area contributed by atoms with Gasteiger partial charge in [-0.05, 0) is 25.1 Å². The van der Waals surface area contributed by atoms with Gasteiger partial charge in [-0.2, -0.15) is 0 Å².